The maximum atomic E-state index is 13.2. The van der Waals surface area contributed by atoms with Gasteiger partial charge in [0.2, 0.25) is 17.7 Å². The maximum absolute atomic E-state index is 13.2. The molecule has 0 bridgehead atoms. The zero-order chi connectivity index (χ0) is 19.7. The third-order valence-electron chi connectivity index (χ3n) is 5.39. The van der Waals surface area contributed by atoms with Crippen molar-refractivity contribution in [2.24, 2.45) is 24.8 Å². The van der Waals surface area contributed by atoms with Crippen LogP contribution in [-0.4, -0.2) is 50.4 Å². The van der Waals surface area contributed by atoms with E-state index in [1.54, 1.807) is 22.8 Å². The number of amides is 3. The van der Waals surface area contributed by atoms with Gasteiger partial charge in [-0.2, -0.15) is 5.10 Å². The summed E-state index contributed by atoms with van der Waals surface area (Å²) < 4.78 is 1.68. The second kappa shape index (κ2) is 7.66. The Kier molecular flexibility index (Phi) is 5.48. The molecule has 0 spiro atoms. The van der Waals surface area contributed by atoms with Crippen LogP contribution < -0.4 is 0 Å². The summed E-state index contributed by atoms with van der Waals surface area (Å²) in [5.41, 5.74) is 0.911. The largest absolute Gasteiger partial charge is 0.340 e. The van der Waals surface area contributed by atoms with E-state index < -0.39 is 6.04 Å². The van der Waals surface area contributed by atoms with Gasteiger partial charge in [0.1, 0.15) is 6.04 Å². The molecule has 7 heteroatoms. The Morgan fingerprint density at radius 1 is 1.22 bits per heavy atom. The van der Waals surface area contributed by atoms with Crippen molar-refractivity contribution in [3.05, 3.63) is 30.1 Å². The molecule has 0 saturated carbocycles. The fraction of sp³-hybridized carbons (Fsp3) is 0.600. The van der Waals surface area contributed by atoms with Gasteiger partial charge < -0.3 is 4.90 Å². The standard InChI is InChI=1S/C20H28N4O3/c1-13(2)9-17(20(27)22(3)11-14-10-21-23(4)12-14)24-18(25)15-7-5-6-8-16(15)19(24)26/h5-6,10,12-13,15-17H,7-9,11H2,1-4H3/t15-,16-,17+/m0/s1. The van der Waals surface area contributed by atoms with E-state index in [1.165, 1.54) is 4.90 Å². The summed E-state index contributed by atoms with van der Waals surface area (Å²) in [7, 11) is 3.53. The van der Waals surface area contributed by atoms with E-state index in [1.807, 2.05) is 39.2 Å². The number of likely N-dealkylation sites (N-methyl/N-ethyl adjacent to an activating group) is 1. The minimum Gasteiger partial charge on any atom is -0.340 e. The predicted octanol–water partition coefficient (Wildman–Crippen LogP) is 1.74. The van der Waals surface area contributed by atoms with Crippen molar-refractivity contribution >= 4 is 17.7 Å². The molecule has 0 unspecified atom stereocenters. The number of imide groups is 1. The summed E-state index contributed by atoms with van der Waals surface area (Å²) in [4.78, 5) is 42.0. The third-order valence-corrected chi connectivity index (χ3v) is 5.39. The lowest BCUT2D eigenvalue weighted by Gasteiger charge is -2.30. The average molecular weight is 372 g/mol. The summed E-state index contributed by atoms with van der Waals surface area (Å²) >= 11 is 0. The maximum Gasteiger partial charge on any atom is 0.245 e. The predicted molar refractivity (Wildman–Crippen MR) is 100 cm³/mol. The minimum atomic E-state index is -0.739. The van der Waals surface area contributed by atoms with Crippen molar-refractivity contribution in [3.63, 3.8) is 0 Å². The fourth-order valence-electron chi connectivity index (χ4n) is 4.06. The van der Waals surface area contributed by atoms with E-state index in [9.17, 15) is 14.4 Å². The van der Waals surface area contributed by atoms with Crippen LogP contribution in [0, 0.1) is 17.8 Å². The third kappa shape index (κ3) is 3.82. The summed E-state index contributed by atoms with van der Waals surface area (Å²) in [5.74, 6) is -1.01. The minimum absolute atomic E-state index is 0.187. The Bertz CT molecular complexity index is 741. The first-order valence-corrected chi connectivity index (χ1v) is 9.54. The van der Waals surface area contributed by atoms with Crippen LogP contribution in [0.15, 0.2) is 24.5 Å². The second-order valence-corrected chi connectivity index (χ2v) is 8.06. The Hall–Kier alpha value is -2.44. The van der Waals surface area contributed by atoms with Gasteiger partial charge in [0.05, 0.1) is 18.0 Å². The number of hydrogen-bond acceptors (Lipinski definition) is 4. The molecule has 1 aliphatic heterocycles. The Balaban J connectivity index is 1.81. The molecule has 2 aliphatic rings. The summed E-state index contributed by atoms with van der Waals surface area (Å²) in [6.07, 6.45) is 9.13. The van der Waals surface area contributed by atoms with Gasteiger partial charge >= 0.3 is 0 Å². The van der Waals surface area contributed by atoms with Crippen LogP contribution in [0.25, 0.3) is 0 Å². The highest BCUT2D eigenvalue weighted by Crippen LogP contribution is 2.37. The van der Waals surface area contributed by atoms with Gasteiger partial charge in [-0.1, -0.05) is 26.0 Å². The zero-order valence-electron chi connectivity index (χ0n) is 16.5. The first kappa shape index (κ1) is 19.3. The highest BCUT2D eigenvalue weighted by molar-refractivity contribution is 6.08. The molecule has 3 rings (SSSR count). The number of carbonyl (C=O) groups is 3. The van der Waals surface area contributed by atoms with Crippen molar-refractivity contribution < 1.29 is 14.4 Å². The molecule has 1 aromatic heterocycles. The molecule has 3 amide bonds. The highest BCUT2D eigenvalue weighted by Gasteiger charge is 2.51. The molecule has 0 radical (unpaired) electrons. The van der Waals surface area contributed by atoms with Gasteiger partial charge in [0.15, 0.2) is 0 Å². The Morgan fingerprint density at radius 3 is 2.30 bits per heavy atom. The molecule has 1 aliphatic carbocycles. The summed E-state index contributed by atoms with van der Waals surface area (Å²) in [6, 6.07) is -0.739. The molecule has 1 fully saturated rings. The number of aromatic nitrogens is 2. The van der Waals surface area contributed by atoms with Crippen molar-refractivity contribution in [2.45, 2.75) is 45.7 Å². The average Bonchev–Trinajstić information content (AvgIpc) is 3.14. The van der Waals surface area contributed by atoms with Gasteiger partial charge in [-0.3, -0.25) is 24.0 Å². The smallest absolute Gasteiger partial charge is 0.245 e. The number of rotatable bonds is 6. The highest BCUT2D eigenvalue weighted by atomic mass is 16.2. The molecule has 2 heterocycles. The molecule has 0 aromatic carbocycles. The van der Waals surface area contributed by atoms with Crippen LogP contribution in [0.1, 0.15) is 38.7 Å². The van der Waals surface area contributed by atoms with E-state index in [0.29, 0.717) is 25.8 Å². The van der Waals surface area contributed by atoms with Gasteiger partial charge in [0, 0.05) is 32.4 Å². The number of fused-ring (bicyclic) bond motifs is 1. The number of aryl methyl sites for hydroxylation is 1. The van der Waals surface area contributed by atoms with E-state index in [0.717, 1.165) is 5.56 Å². The topological polar surface area (TPSA) is 75.5 Å². The lowest BCUT2D eigenvalue weighted by Crippen LogP contribution is -2.50. The van der Waals surface area contributed by atoms with Crippen molar-refractivity contribution in [2.75, 3.05) is 7.05 Å². The monoisotopic (exact) mass is 372 g/mol. The SMILES string of the molecule is CC(C)C[C@H](C(=O)N(C)Cc1cnn(C)c1)N1C(=O)[C@H]2CC=CC[C@@H]2C1=O. The van der Waals surface area contributed by atoms with Gasteiger partial charge in [-0.05, 0) is 25.2 Å². The van der Waals surface area contributed by atoms with E-state index >= 15 is 0 Å². The number of likely N-dealkylation sites (tertiary alicyclic amines) is 1. The molecule has 146 valence electrons. The Labute approximate surface area is 160 Å². The molecule has 3 atom stereocenters. The summed E-state index contributed by atoms with van der Waals surface area (Å²) in [6.45, 7) is 4.40. The molecular weight excluding hydrogens is 344 g/mol. The zero-order valence-corrected chi connectivity index (χ0v) is 16.5. The first-order valence-electron chi connectivity index (χ1n) is 9.54. The lowest BCUT2D eigenvalue weighted by atomic mass is 9.85. The number of nitrogens with zero attached hydrogens (tertiary/aromatic N) is 4. The van der Waals surface area contributed by atoms with Gasteiger partial charge in [-0.25, -0.2) is 0 Å². The molecule has 27 heavy (non-hydrogen) atoms. The number of allylic oxidation sites excluding steroid dienone is 2. The summed E-state index contributed by atoms with van der Waals surface area (Å²) in [5, 5.41) is 4.13. The molecule has 1 saturated heterocycles. The lowest BCUT2D eigenvalue weighted by molar-refractivity contribution is -0.152. The van der Waals surface area contributed by atoms with Crippen LogP contribution in [0.3, 0.4) is 0 Å². The quantitative estimate of drug-likeness (QED) is 0.563. The van der Waals surface area contributed by atoms with Crippen LogP contribution in [0.5, 0.6) is 0 Å². The van der Waals surface area contributed by atoms with Crippen LogP contribution in [-0.2, 0) is 28.0 Å². The number of carbonyl (C=O) groups excluding carboxylic acids is 3. The second-order valence-electron chi connectivity index (χ2n) is 8.06. The van der Waals surface area contributed by atoms with Crippen molar-refractivity contribution in [1.82, 2.24) is 19.6 Å². The number of hydrogen-bond donors (Lipinski definition) is 0. The molecule has 0 N–H and O–H groups in total. The normalized spacial score (nSPS) is 23.1. The van der Waals surface area contributed by atoms with E-state index in [-0.39, 0.29) is 35.5 Å². The molecular formula is C20H28N4O3. The first-order chi connectivity index (χ1) is 12.8. The molecule has 1 aromatic rings. The Morgan fingerprint density at radius 2 is 1.81 bits per heavy atom. The fourth-order valence-corrected chi connectivity index (χ4v) is 4.06. The van der Waals surface area contributed by atoms with E-state index in [2.05, 4.69) is 5.10 Å². The van der Waals surface area contributed by atoms with Gasteiger partial charge in [0.25, 0.3) is 0 Å². The van der Waals surface area contributed by atoms with Crippen LogP contribution >= 0.6 is 0 Å². The van der Waals surface area contributed by atoms with Crippen LogP contribution in [0.4, 0.5) is 0 Å². The van der Waals surface area contributed by atoms with Gasteiger partial charge in [-0.15, -0.1) is 0 Å². The van der Waals surface area contributed by atoms with Crippen LogP contribution in [0.2, 0.25) is 0 Å². The van der Waals surface area contributed by atoms with Crippen molar-refractivity contribution in [1.29, 1.82) is 0 Å². The van der Waals surface area contributed by atoms with E-state index in [4.69, 9.17) is 0 Å². The van der Waals surface area contributed by atoms with Crippen molar-refractivity contribution in [3.8, 4) is 0 Å². The molecule has 7 nitrogen and oxygen atoms in total.